The second kappa shape index (κ2) is 5.33. The molecule has 1 atom stereocenters. The van der Waals surface area contributed by atoms with Crippen LogP contribution in [0.1, 0.15) is 29.2 Å². The fourth-order valence-electron chi connectivity index (χ4n) is 2.33. The molecule has 2 aromatic rings. The van der Waals surface area contributed by atoms with Crippen molar-refractivity contribution in [3.05, 3.63) is 70.3 Å². The first kappa shape index (κ1) is 14.7. The molecule has 0 aliphatic carbocycles. The van der Waals surface area contributed by atoms with Crippen molar-refractivity contribution >= 4 is 0 Å². The Morgan fingerprint density at radius 3 is 2.40 bits per heavy atom. The number of aliphatic hydroxyl groups is 1. The molecule has 106 valence electrons. The molecule has 2 aromatic carbocycles. The van der Waals surface area contributed by atoms with Crippen LogP contribution in [-0.2, 0) is 12.0 Å². The highest BCUT2D eigenvalue weighted by molar-refractivity contribution is 5.33. The fraction of sp³-hybridized carbons (Fsp3) is 0.294. The van der Waals surface area contributed by atoms with Crippen LogP contribution in [0.5, 0.6) is 0 Å². The zero-order valence-electron chi connectivity index (χ0n) is 11.9. The number of hydrogen-bond donors (Lipinski definition) is 1. The second-order valence-electron chi connectivity index (χ2n) is 5.47. The van der Waals surface area contributed by atoms with Crippen LogP contribution in [0.25, 0.3) is 0 Å². The van der Waals surface area contributed by atoms with Crippen LogP contribution in [0, 0.1) is 25.5 Å². The molecule has 0 aliphatic rings. The summed E-state index contributed by atoms with van der Waals surface area (Å²) in [6, 6.07) is 9.69. The fourth-order valence-corrected chi connectivity index (χ4v) is 2.33. The van der Waals surface area contributed by atoms with E-state index in [1.54, 1.807) is 0 Å². The summed E-state index contributed by atoms with van der Waals surface area (Å²) in [7, 11) is 0. The predicted molar refractivity (Wildman–Crippen MR) is 75.5 cm³/mol. The third-order valence-corrected chi connectivity index (χ3v) is 3.65. The van der Waals surface area contributed by atoms with Crippen molar-refractivity contribution in [1.82, 2.24) is 0 Å². The molecule has 0 heterocycles. The Labute approximate surface area is 117 Å². The molecule has 0 spiro atoms. The lowest BCUT2D eigenvalue weighted by molar-refractivity contribution is 0.0530. The van der Waals surface area contributed by atoms with Gasteiger partial charge in [0.05, 0.1) is 5.60 Å². The Morgan fingerprint density at radius 2 is 1.75 bits per heavy atom. The van der Waals surface area contributed by atoms with Gasteiger partial charge in [0, 0.05) is 12.0 Å². The molecule has 1 N–H and O–H groups in total. The first-order valence-electron chi connectivity index (χ1n) is 6.54. The molecule has 0 saturated carbocycles. The zero-order chi connectivity index (χ0) is 14.9. The van der Waals surface area contributed by atoms with E-state index in [1.807, 2.05) is 32.0 Å². The van der Waals surface area contributed by atoms with Gasteiger partial charge in [-0.25, -0.2) is 8.78 Å². The maximum atomic E-state index is 13.8. The second-order valence-corrected chi connectivity index (χ2v) is 5.47. The van der Waals surface area contributed by atoms with Gasteiger partial charge in [-0.05, 0) is 43.5 Å². The van der Waals surface area contributed by atoms with Crippen molar-refractivity contribution < 1.29 is 13.9 Å². The number of halogens is 2. The summed E-state index contributed by atoms with van der Waals surface area (Å²) in [5.74, 6) is -1.93. The number of aryl methyl sites for hydroxylation is 2. The summed E-state index contributed by atoms with van der Waals surface area (Å²) in [6.07, 6.45) is 0.231. The van der Waals surface area contributed by atoms with E-state index < -0.39 is 17.2 Å². The van der Waals surface area contributed by atoms with Crippen molar-refractivity contribution in [3.63, 3.8) is 0 Å². The van der Waals surface area contributed by atoms with Gasteiger partial charge in [-0.1, -0.05) is 30.3 Å². The monoisotopic (exact) mass is 276 g/mol. The summed E-state index contributed by atoms with van der Waals surface area (Å²) in [5.41, 5.74) is 1.69. The van der Waals surface area contributed by atoms with Crippen LogP contribution in [0.15, 0.2) is 36.4 Å². The van der Waals surface area contributed by atoms with Crippen molar-refractivity contribution in [2.24, 2.45) is 0 Å². The number of benzene rings is 2. The minimum Gasteiger partial charge on any atom is -0.385 e. The molecule has 20 heavy (non-hydrogen) atoms. The molecule has 0 aromatic heterocycles. The predicted octanol–water partition coefficient (Wildman–Crippen LogP) is 4.03. The molecule has 0 aliphatic heterocycles. The highest BCUT2D eigenvalue weighted by atomic mass is 19.2. The summed E-state index contributed by atoms with van der Waals surface area (Å²) in [5, 5.41) is 10.5. The van der Waals surface area contributed by atoms with Crippen LogP contribution in [0.4, 0.5) is 8.78 Å². The number of rotatable bonds is 3. The molecule has 1 nitrogen and oxygen atoms in total. The van der Waals surface area contributed by atoms with Gasteiger partial charge in [0.15, 0.2) is 11.6 Å². The van der Waals surface area contributed by atoms with E-state index in [1.165, 1.54) is 19.1 Å². The van der Waals surface area contributed by atoms with Crippen molar-refractivity contribution in [2.75, 3.05) is 0 Å². The van der Waals surface area contributed by atoms with E-state index in [0.29, 0.717) is 0 Å². The molecule has 0 radical (unpaired) electrons. The minimum atomic E-state index is -1.45. The molecule has 0 saturated heterocycles. The average Bonchev–Trinajstić information content (AvgIpc) is 2.36. The third kappa shape index (κ3) is 2.88. The van der Waals surface area contributed by atoms with E-state index in [9.17, 15) is 13.9 Å². The Morgan fingerprint density at radius 1 is 1.05 bits per heavy atom. The Balaban J connectivity index is 2.35. The lowest BCUT2D eigenvalue weighted by Crippen LogP contribution is -2.26. The Hall–Kier alpha value is -1.74. The van der Waals surface area contributed by atoms with Crippen LogP contribution in [-0.4, -0.2) is 5.11 Å². The lowest BCUT2D eigenvalue weighted by atomic mass is 9.88. The highest BCUT2D eigenvalue weighted by Crippen LogP contribution is 2.29. The van der Waals surface area contributed by atoms with E-state index in [-0.39, 0.29) is 12.0 Å². The van der Waals surface area contributed by atoms with Gasteiger partial charge in [-0.3, -0.25) is 0 Å². The molecular weight excluding hydrogens is 258 g/mol. The smallest absolute Gasteiger partial charge is 0.164 e. The van der Waals surface area contributed by atoms with E-state index in [0.717, 1.165) is 22.8 Å². The van der Waals surface area contributed by atoms with Crippen molar-refractivity contribution in [1.29, 1.82) is 0 Å². The summed E-state index contributed by atoms with van der Waals surface area (Å²) < 4.78 is 27.1. The van der Waals surface area contributed by atoms with Gasteiger partial charge < -0.3 is 5.11 Å². The lowest BCUT2D eigenvalue weighted by Gasteiger charge is -2.25. The molecule has 0 amide bonds. The SMILES string of the molecule is Cc1ccc(CC(C)(O)c2cccc(F)c2F)cc1C. The van der Waals surface area contributed by atoms with Crippen molar-refractivity contribution in [3.8, 4) is 0 Å². The van der Waals surface area contributed by atoms with Crippen LogP contribution in [0.3, 0.4) is 0 Å². The van der Waals surface area contributed by atoms with Crippen LogP contribution >= 0.6 is 0 Å². The van der Waals surface area contributed by atoms with Crippen molar-refractivity contribution in [2.45, 2.75) is 32.8 Å². The summed E-state index contributed by atoms with van der Waals surface area (Å²) in [6.45, 7) is 5.49. The minimum absolute atomic E-state index is 0.0178. The van der Waals surface area contributed by atoms with Gasteiger partial charge in [0.2, 0.25) is 0 Å². The summed E-state index contributed by atoms with van der Waals surface area (Å²) in [4.78, 5) is 0. The molecule has 2 rings (SSSR count). The van der Waals surface area contributed by atoms with E-state index in [2.05, 4.69) is 0 Å². The van der Waals surface area contributed by atoms with Gasteiger partial charge in [-0.15, -0.1) is 0 Å². The zero-order valence-corrected chi connectivity index (χ0v) is 11.9. The average molecular weight is 276 g/mol. The first-order chi connectivity index (χ1) is 9.31. The largest absolute Gasteiger partial charge is 0.385 e. The van der Waals surface area contributed by atoms with Gasteiger partial charge in [0.1, 0.15) is 0 Å². The highest BCUT2D eigenvalue weighted by Gasteiger charge is 2.28. The van der Waals surface area contributed by atoms with Crippen LogP contribution < -0.4 is 0 Å². The molecule has 0 bridgehead atoms. The Bertz CT molecular complexity index is 633. The molecule has 0 fully saturated rings. The maximum Gasteiger partial charge on any atom is 0.164 e. The molecule has 3 heteroatoms. The standard InChI is InChI=1S/C17H18F2O/c1-11-7-8-13(9-12(11)2)10-17(3,20)14-5-4-6-15(18)16(14)19/h4-9,20H,10H2,1-3H3. The van der Waals surface area contributed by atoms with Gasteiger partial charge in [-0.2, -0.15) is 0 Å². The summed E-state index contributed by atoms with van der Waals surface area (Å²) >= 11 is 0. The normalized spacial score (nSPS) is 14.1. The first-order valence-corrected chi connectivity index (χ1v) is 6.54. The van der Waals surface area contributed by atoms with Gasteiger partial charge in [0.25, 0.3) is 0 Å². The van der Waals surface area contributed by atoms with E-state index in [4.69, 9.17) is 0 Å². The molecular formula is C17H18F2O. The molecule has 1 unspecified atom stereocenters. The van der Waals surface area contributed by atoms with Gasteiger partial charge >= 0.3 is 0 Å². The quantitative estimate of drug-likeness (QED) is 0.897. The number of hydrogen-bond acceptors (Lipinski definition) is 1. The van der Waals surface area contributed by atoms with Crippen LogP contribution in [0.2, 0.25) is 0 Å². The third-order valence-electron chi connectivity index (χ3n) is 3.65. The maximum absolute atomic E-state index is 13.8. The van der Waals surface area contributed by atoms with E-state index >= 15 is 0 Å². The topological polar surface area (TPSA) is 20.2 Å². The Kier molecular flexibility index (Phi) is 3.91.